The van der Waals surface area contributed by atoms with E-state index in [1.807, 2.05) is 6.79 Å². The van der Waals surface area contributed by atoms with E-state index in [1.54, 1.807) is 0 Å². The topological polar surface area (TPSA) is 17.1 Å². The summed E-state index contributed by atoms with van der Waals surface area (Å²) in [5.74, 6) is 0. The van der Waals surface area contributed by atoms with E-state index in [0.717, 1.165) is 0 Å². The van der Waals surface area contributed by atoms with Gasteiger partial charge in [0, 0.05) is 0 Å². The van der Waals surface area contributed by atoms with E-state index >= 15 is 0 Å². The summed E-state index contributed by atoms with van der Waals surface area (Å²) in [5.41, 5.74) is 0.694. The van der Waals surface area contributed by atoms with Gasteiger partial charge in [-0.15, -0.1) is 0 Å². The van der Waals surface area contributed by atoms with Crippen LogP contribution in [0.2, 0.25) is 0 Å². The van der Waals surface area contributed by atoms with Crippen LogP contribution in [0.15, 0.2) is 0 Å². The fourth-order valence-corrected chi connectivity index (χ4v) is 1.33. The highest BCUT2D eigenvalue weighted by Crippen LogP contribution is 2.36. The molecule has 1 fully saturated rings. The maximum atomic E-state index is 8.00. The Balaban J connectivity index is 0.000000291. The molecule has 0 atom stereocenters. The lowest BCUT2D eigenvalue weighted by atomic mass is 9.92. The van der Waals surface area contributed by atoms with Gasteiger partial charge >= 0.3 is 0 Å². The summed E-state index contributed by atoms with van der Waals surface area (Å²) < 4.78 is 0. The summed E-state index contributed by atoms with van der Waals surface area (Å²) in [6.45, 7) is 6.72. The molecule has 0 saturated heterocycles. The molecule has 0 spiro atoms. The molecule has 0 aliphatic heterocycles. The van der Waals surface area contributed by atoms with Crippen LogP contribution < -0.4 is 0 Å². The minimum absolute atomic E-state index is 0.694. The van der Waals surface area contributed by atoms with E-state index in [1.165, 1.54) is 25.7 Å². The van der Waals surface area contributed by atoms with Gasteiger partial charge in [0.2, 0.25) is 0 Å². The molecular formula is C8H16O. The predicted molar refractivity (Wildman–Crippen MR) is 39.4 cm³/mol. The van der Waals surface area contributed by atoms with Crippen LogP contribution in [0.5, 0.6) is 0 Å². The average Bonchev–Trinajstić information content (AvgIpc) is 2.19. The molecule has 0 aromatic carbocycles. The molecule has 1 rings (SSSR count). The molecule has 54 valence electrons. The zero-order valence-corrected chi connectivity index (χ0v) is 6.44. The van der Waals surface area contributed by atoms with Crippen molar-refractivity contribution in [1.29, 1.82) is 0 Å². The maximum absolute atomic E-state index is 8.00. The molecule has 0 aromatic heterocycles. The quantitative estimate of drug-likeness (QED) is 0.489. The maximum Gasteiger partial charge on any atom is 0.106 e. The molecular weight excluding hydrogens is 112 g/mol. The fraction of sp³-hybridized carbons (Fsp3) is 0.875. The van der Waals surface area contributed by atoms with E-state index in [4.69, 9.17) is 4.79 Å². The van der Waals surface area contributed by atoms with Gasteiger partial charge in [-0.05, 0) is 18.3 Å². The van der Waals surface area contributed by atoms with Crippen molar-refractivity contribution in [2.75, 3.05) is 0 Å². The first-order valence-corrected chi connectivity index (χ1v) is 3.50. The smallest absolute Gasteiger partial charge is 0.106 e. The zero-order chi connectivity index (χ0) is 7.33. The molecule has 0 amide bonds. The first kappa shape index (κ1) is 8.67. The SMILES string of the molecule is C=O.CC1(C)CCCC1. The van der Waals surface area contributed by atoms with Crippen LogP contribution in [0.3, 0.4) is 0 Å². The lowest BCUT2D eigenvalue weighted by molar-refractivity contribution is -0.0979. The van der Waals surface area contributed by atoms with E-state index in [-0.39, 0.29) is 0 Å². The monoisotopic (exact) mass is 128 g/mol. The van der Waals surface area contributed by atoms with Crippen molar-refractivity contribution in [1.82, 2.24) is 0 Å². The molecule has 1 nitrogen and oxygen atoms in total. The third kappa shape index (κ3) is 3.28. The van der Waals surface area contributed by atoms with E-state index in [0.29, 0.717) is 5.41 Å². The summed E-state index contributed by atoms with van der Waals surface area (Å²) >= 11 is 0. The second-order valence-corrected chi connectivity index (χ2v) is 3.37. The van der Waals surface area contributed by atoms with Crippen LogP contribution >= 0.6 is 0 Å². The molecule has 9 heavy (non-hydrogen) atoms. The predicted octanol–water partition coefficient (Wildman–Crippen LogP) is 2.40. The van der Waals surface area contributed by atoms with Gasteiger partial charge in [0.05, 0.1) is 0 Å². The fourth-order valence-electron chi connectivity index (χ4n) is 1.33. The van der Waals surface area contributed by atoms with Crippen molar-refractivity contribution < 1.29 is 4.79 Å². The second-order valence-electron chi connectivity index (χ2n) is 3.37. The minimum atomic E-state index is 0.694. The average molecular weight is 128 g/mol. The Morgan fingerprint density at radius 2 is 1.44 bits per heavy atom. The van der Waals surface area contributed by atoms with Gasteiger partial charge in [-0.25, -0.2) is 0 Å². The molecule has 1 heteroatoms. The molecule has 1 saturated carbocycles. The third-order valence-electron chi connectivity index (χ3n) is 1.96. The lowest BCUT2D eigenvalue weighted by Crippen LogP contribution is -2.01. The number of carbonyl (C=O) groups excluding carboxylic acids is 1. The third-order valence-corrected chi connectivity index (χ3v) is 1.96. The molecule has 1 aliphatic carbocycles. The highest BCUT2D eigenvalue weighted by Gasteiger charge is 2.21. The van der Waals surface area contributed by atoms with Crippen molar-refractivity contribution in [3.8, 4) is 0 Å². The van der Waals surface area contributed by atoms with Crippen LogP contribution in [0.25, 0.3) is 0 Å². The Hall–Kier alpha value is -0.330. The van der Waals surface area contributed by atoms with Gasteiger partial charge in [0.15, 0.2) is 0 Å². The van der Waals surface area contributed by atoms with Gasteiger partial charge in [0.25, 0.3) is 0 Å². The standard InChI is InChI=1S/C7H14.CH2O/c1-7(2)5-3-4-6-7;1-2/h3-6H2,1-2H3;1H2. The highest BCUT2D eigenvalue weighted by molar-refractivity contribution is 5.10. The Kier molecular flexibility index (Phi) is 3.52. The number of carbonyl (C=O) groups is 1. The Labute approximate surface area is 57.5 Å². The van der Waals surface area contributed by atoms with Gasteiger partial charge in [-0.1, -0.05) is 26.7 Å². The van der Waals surface area contributed by atoms with Gasteiger partial charge in [-0.2, -0.15) is 0 Å². The first-order valence-electron chi connectivity index (χ1n) is 3.50. The largest absolute Gasteiger partial charge is 0.307 e. The number of hydrogen-bond acceptors (Lipinski definition) is 1. The minimum Gasteiger partial charge on any atom is -0.307 e. The first-order chi connectivity index (χ1) is 4.21. The van der Waals surface area contributed by atoms with Crippen LogP contribution in [0.4, 0.5) is 0 Å². The van der Waals surface area contributed by atoms with Gasteiger partial charge < -0.3 is 4.79 Å². The molecule has 0 radical (unpaired) electrons. The van der Waals surface area contributed by atoms with Crippen LogP contribution in [0.1, 0.15) is 39.5 Å². The summed E-state index contributed by atoms with van der Waals surface area (Å²) in [6.07, 6.45) is 5.83. The Morgan fingerprint density at radius 1 is 1.11 bits per heavy atom. The van der Waals surface area contributed by atoms with Crippen molar-refractivity contribution >= 4 is 6.79 Å². The van der Waals surface area contributed by atoms with Crippen LogP contribution in [-0.4, -0.2) is 6.79 Å². The van der Waals surface area contributed by atoms with E-state index in [2.05, 4.69) is 13.8 Å². The summed E-state index contributed by atoms with van der Waals surface area (Å²) in [5, 5.41) is 0. The highest BCUT2D eigenvalue weighted by atomic mass is 16.1. The Bertz CT molecular complexity index is 68.6. The van der Waals surface area contributed by atoms with Crippen LogP contribution in [-0.2, 0) is 4.79 Å². The van der Waals surface area contributed by atoms with Crippen molar-refractivity contribution in [2.24, 2.45) is 5.41 Å². The molecule has 0 N–H and O–H groups in total. The van der Waals surface area contributed by atoms with E-state index in [9.17, 15) is 0 Å². The van der Waals surface area contributed by atoms with Crippen molar-refractivity contribution in [3.05, 3.63) is 0 Å². The zero-order valence-electron chi connectivity index (χ0n) is 6.44. The summed E-state index contributed by atoms with van der Waals surface area (Å²) in [4.78, 5) is 8.00. The van der Waals surface area contributed by atoms with Crippen molar-refractivity contribution in [3.63, 3.8) is 0 Å². The molecule has 0 unspecified atom stereocenters. The lowest BCUT2D eigenvalue weighted by Gasteiger charge is -2.13. The van der Waals surface area contributed by atoms with E-state index < -0.39 is 0 Å². The summed E-state index contributed by atoms with van der Waals surface area (Å²) in [6, 6.07) is 0. The van der Waals surface area contributed by atoms with Gasteiger partial charge in [-0.3, -0.25) is 0 Å². The second kappa shape index (κ2) is 3.65. The van der Waals surface area contributed by atoms with Crippen molar-refractivity contribution in [2.45, 2.75) is 39.5 Å². The molecule has 0 heterocycles. The van der Waals surface area contributed by atoms with Crippen LogP contribution in [0, 0.1) is 5.41 Å². The Morgan fingerprint density at radius 3 is 1.56 bits per heavy atom. The van der Waals surface area contributed by atoms with Gasteiger partial charge in [0.1, 0.15) is 6.79 Å². The number of rotatable bonds is 0. The molecule has 0 bridgehead atoms. The summed E-state index contributed by atoms with van der Waals surface area (Å²) in [7, 11) is 0. The molecule has 1 aliphatic rings. The number of hydrogen-bond donors (Lipinski definition) is 0. The normalized spacial score (nSPS) is 22.4. The molecule has 0 aromatic rings.